The molecular formula is C11H10Cl2N2OS. The van der Waals surface area contributed by atoms with E-state index in [1.54, 1.807) is 13.0 Å². The van der Waals surface area contributed by atoms with Gasteiger partial charge in [-0.1, -0.05) is 41.5 Å². The molecule has 17 heavy (non-hydrogen) atoms. The zero-order valence-corrected chi connectivity index (χ0v) is 11.7. The Morgan fingerprint density at radius 2 is 2.18 bits per heavy atom. The number of fused-ring (bicyclic) bond motifs is 1. The van der Waals surface area contributed by atoms with Gasteiger partial charge in [0, 0.05) is 18.5 Å². The molecule has 0 aliphatic rings. The molecule has 0 saturated carbocycles. The molecule has 6 heteroatoms. The summed E-state index contributed by atoms with van der Waals surface area (Å²) < 4.78 is 2.74. The van der Waals surface area contributed by atoms with Gasteiger partial charge in [0.05, 0.1) is 15.2 Å². The van der Waals surface area contributed by atoms with E-state index in [9.17, 15) is 4.79 Å². The van der Waals surface area contributed by atoms with E-state index in [-0.39, 0.29) is 5.91 Å². The molecule has 0 aliphatic carbocycles. The van der Waals surface area contributed by atoms with Crippen molar-refractivity contribution in [3.8, 4) is 0 Å². The zero-order chi connectivity index (χ0) is 12.6. The zero-order valence-electron chi connectivity index (χ0n) is 9.33. The maximum Gasteiger partial charge on any atom is 0.248 e. The minimum absolute atomic E-state index is 0.144. The highest BCUT2D eigenvalue weighted by atomic mass is 35.5. The standard InChI is InChI=1S/C11H10Cl2N2OS/c1-3-9(16)14-11-15(2)10-7(13)4-6(12)5-8(10)17-11/h4-5H,3H2,1-2H3. The quantitative estimate of drug-likeness (QED) is 0.792. The van der Waals surface area contributed by atoms with Crippen molar-refractivity contribution >= 4 is 50.7 Å². The van der Waals surface area contributed by atoms with Crippen molar-refractivity contribution < 1.29 is 4.79 Å². The molecule has 0 bridgehead atoms. The lowest BCUT2D eigenvalue weighted by Crippen LogP contribution is -2.12. The van der Waals surface area contributed by atoms with Crippen molar-refractivity contribution in [3.63, 3.8) is 0 Å². The van der Waals surface area contributed by atoms with Gasteiger partial charge in [0.1, 0.15) is 0 Å². The van der Waals surface area contributed by atoms with Crippen LogP contribution in [0.1, 0.15) is 13.3 Å². The third kappa shape index (κ3) is 2.39. The number of thiazole rings is 1. The number of aryl methyl sites for hydroxylation is 1. The summed E-state index contributed by atoms with van der Waals surface area (Å²) in [6.07, 6.45) is 0.392. The Balaban J connectivity index is 2.77. The van der Waals surface area contributed by atoms with Gasteiger partial charge in [0.25, 0.3) is 0 Å². The third-order valence-corrected chi connectivity index (χ3v) is 3.92. The van der Waals surface area contributed by atoms with Gasteiger partial charge in [0.2, 0.25) is 5.91 Å². The van der Waals surface area contributed by atoms with E-state index in [4.69, 9.17) is 23.2 Å². The van der Waals surface area contributed by atoms with Crippen LogP contribution in [-0.2, 0) is 11.8 Å². The molecule has 1 aromatic carbocycles. The van der Waals surface area contributed by atoms with Crippen molar-refractivity contribution in [3.05, 3.63) is 27.0 Å². The second-order valence-corrected chi connectivity index (χ2v) is 5.39. The molecule has 1 aromatic heterocycles. The van der Waals surface area contributed by atoms with Gasteiger partial charge in [-0.25, -0.2) is 0 Å². The SMILES string of the molecule is CCC(=O)N=c1sc2cc(Cl)cc(Cl)c2n1C. The van der Waals surface area contributed by atoms with Crippen LogP contribution in [0.2, 0.25) is 10.0 Å². The molecule has 0 fully saturated rings. The fourth-order valence-corrected chi connectivity index (χ4v) is 3.33. The Morgan fingerprint density at radius 3 is 2.82 bits per heavy atom. The number of benzene rings is 1. The molecule has 0 N–H and O–H groups in total. The van der Waals surface area contributed by atoms with Crippen molar-refractivity contribution in [2.24, 2.45) is 12.0 Å². The van der Waals surface area contributed by atoms with Crippen molar-refractivity contribution in [2.75, 3.05) is 0 Å². The van der Waals surface area contributed by atoms with Crippen LogP contribution in [-0.4, -0.2) is 10.5 Å². The lowest BCUT2D eigenvalue weighted by atomic mass is 10.3. The second kappa shape index (κ2) is 4.80. The minimum Gasteiger partial charge on any atom is -0.318 e. The van der Waals surface area contributed by atoms with E-state index in [1.807, 2.05) is 17.7 Å². The minimum atomic E-state index is -0.144. The van der Waals surface area contributed by atoms with Crippen LogP contribution in [0.15, 0.2) is 17.1 Å². The monoisotopic (exact) mass is 288 g/mol. The topological polar surface area (TPSA) is 34.4 Å². The number of rotatable bonds is 1. The highest BCUT2D eigenvalue weighted by Crippen LogP contribution is 2.28. The summed E-state index contributed by atoms with van der Waals surface area (Å²) in [7, 11) is 1.83. The van der Waals surface area contributed by atoms with E-state index >= 15 is 0 Å². The summed E-state index contributed by atoms with van der Waals surface area (Å²) in [6, 6.07) is 3.51. The number of nitrogens with zero attached hydrogens (tertiary/aromatic N) is 2. The number of halogens is 2. The Labute approximate surface area is 112 Å². The Morgan fingerprint density at radius 1 is 1.47 bits per heavy atom. The van der Waals surface area contributed by atoms with Crippen LogP contribution < -0.4 is 4.80 Å². The highest BCUT2D eigenvalue weighted by Gasteiger charge is 2.09. The summed E-state index contributed by atoms with van der Waals surface area (Å²) in [5.74, 6) is -0.144. The fourth-order valence-electron chi connectivity index (χ4n) is 1.49. The lowest BCUT2D eigenvalue weighted by molar-refractivity contribution is -0.117. The summed E-state index contributed by atoms with van der Waals surface area (Å²) in [4.78, 5) is 16.0. The number of carbonyl (C=O) groups excluding carboxylic acids is 1. The average molecular weight is 289 g/mol. The predicted molar refractivity (Wildman–Crippen MR) is 71.7 cm³/mol. The van der Waals surface area contributed by atoms with Gasteiger partial charge in [-0.15, -0.1) is 0 Å². The molecule has 0 unspecified atom stereocenters. The van der Waals surface area contributed by atoms with Crippen molar-refractivity contribution in [1.29, 1.82) is 0 Å². The Bertz CT molecular complexity index is 657. The first-order valence-corrected chi connectivity index (χ1v) is 6.62. The number of hydrogen-bond acceptors (Lipinski definition) is 2. The van der Waals surface area contributed by atoms with Crippen LogP contribution in [0, 0.1) is 0 Å². The van der Waals surface area contributed by atoms with Crippen LogP contribution in [0.5, 0.6) is 0 Å². The molecule has 0 atom stereocenters. The number of hydrogen-bond donors (Lipinski definition) is 0. The van der Waals surface area contributed by atoms with E-state index in [2.05, 4.69) is 4.99 Å². The van der Waals surface area contributed by atoms with E-state index < -0.39 is 0 Å². The maximum absolute atomic E-state index is 11.3. The molecule has 3 nitrogen and oxygen atoms in total. The second-order valence-electron chi connectivity index (χ2n) is 3.54. The van der Waals surface area contributed by atoms with Gasteiger partial charge in [-0.2, -0.15) is 4.99 Å². The molecule has 0 saturated heterocycles. The summed E-state index contributed by atoms with van der Waals surface area (Å²) in [5.41, 5.74) is 0.851. The lowest BCUT2D eigenvalue weighted by Gasteiger charge is -1.98. The highest BCUT2D eigenvalue weighted by molar-refractivity contribution is 7.16. The van der Waals surface area contributed by atoms with E-state index in [0.717, 1.165) is 10.2 Å². The first-order chi connectivity index (χ1) is 8.02. The van der Waals surface area contributed by atoms with Crippen molar-refractivity contribution in [2.45, 2.75) is 13.3 Å². The van der Waals surface area contributed by atoms with Gasteiger partial charge >= 0.3 is 0 Å². The number of carbonyl (C=O) groups is 1. The van der Waals surface area contributed by atoms with E-state index in [0.29, 0.717) is 21.3 Å². The van der Waals surface area contributed by atoms with Gasteiger partial charge in [0.15, 0.2) is 4.80 Å². The molecule has 2 aromatic rings. The first kappa shape index (κ1) is 12.6. The third-order valence-electron chi connectivity index (χ3n) is 2.34. The summed E-state index contributed by atoms with van der Waals surface area (Å²) in [6.45, 7) is 1.78. The van der Waals surface area contributed by atoms with Crippen LogP contribution in [0.4, 0.5) is 0 Å². The van der Waals surface area contributed by atoms with Gasteiger partial charge in [-0.05, 0) is 12.1 Å². The van der Waals surface area contributed by atoms with Crippen LogP contribution in [0.3, 0.4) is 0 Å². The molecule has 0 aliphatic heterocycles. The number of amides is 1. The molecule has 2 rings (SSSR count). The average Bonchev–Trinajstić information content (AvgIpc) is 2.55. The molecule has 1 amide bonds. The Hall–Kier alpha value is -0.840. The maximum atomic E-state index is 11.3. The van der Waals surface area contributed by atoms with Crippen molar-refractivity contribution in [1.82, 2.24) is 4.57 Å². The van der Waals surface area contributed by atoms with Crippen LogP contribution in [0.25, 0.3) is 10.2 Å². The smallest absolute Gasteiger partial charge is 0.248 e. The van der Waals surface area contributed by atoms with Crippen LogP contribution >= 0.6 is 34.5 Å². The number of aromatic nitrogens is 1. The first-order valence-electron chi connectivity index (χ1n) is 5.05. The molecule has 1 heterocycles. The Kier molecular flexibility index (Phi) is 3.56. The van der Waals surface area contributed by atoms with Gasteiger partial charge < -0.3 is 4.57 Å². The van der Waals surface area contributed by atoms with E-state index in [1.165, 1.54) is 11.3 Å². The molecule has 90 valence electrons. The molecular weight excluding hydrogens is 279 g/mol. The normalized spacial score (nSPS) is 12.4. The summed E-state index contributed by atoms with van der Waals surface area (Å²) in [5, 5.41) is 1.15. The molecule has 0 radical (unpaired) electrons. The largest absolute Gasteiger partial charge is 0.318 e. The summed E-state index contributed by atoms with van der Waals surface area (Å²) >= 11 is 13.5. The predicted octanol–water partition coefficient (Wildman–Crippen LogP) is 3.38. The van der Waals surface area contributed by atoms with Gasteiger partial charge in [-0.3, -0.25) is 4.79 Å². The fraction of sp³-hybridized carbons (Fsp3) is 0.273. The molecule has 0 spiro atoms.